The number of fused-ring (bicyclic) bond motifs is 1. The van der Waals surface area contributed by atoms with E-state index < -0.39 is 0 Å². The van der Waals surface area contributed by atoms with Crippen LogP contribution in [0.25, 0.3) is 0 Å². The van der Waals surface area contributed by atoms with Crippen molar-refractivity contribution in [1.29, 1.82) is 0 Å². The summed E-state index contributed by atoms with van der Waals surface area (Å²) in [6.07, 6.45) is -0.271. The van der Waals surface area contributed by atoms with Crippen LogP contribution in [-0.2, 0) is 4.79 Å². The topological polar surface area (TPSA) is 56.8 Å². The summed E-state index contributed by atoms with van der Waals surface area (Å²) < 4.78 is 16.7. The maximum absolute atomic E-state index is 11.9. The monoisotopic (exact) mass is 401 g/mol. The van der Waals surface area contributed by atoms with Crippen LogP contribution in [0, 0.1) is 0 Å². The Balaban J connectivity index is 1.47. The van der Waals surface area contributed by atoms with Crippen LogP contribution in [0.15, 0.2) is 36.4 Å². The molecule has 0 spiro atoms. The first-order valence-corrected chi connectivity index (χ1v) is 8.59. The summed E-state index contributed by atoms with van der Waals surface area (Å²) in [5.74, 6) is 1.33. The lowest BCUT2D eigenvalue weighted by molar-refractivity contribution is -0.123. The highest BCUT2D eigenvalue weighted by Gasteiger charge is 2.21. The summed E-state index contributed by atoms with van der Waals surface area (Å²) in [7, 11) is 0. The molecule has 2 aromatic rings. The van der Waals surface area contributed by atoms with Crippen LogP contribution in [0.5, 0.6) is 17.2 Å². The number of carbonyl (C=O) groups is 1. The van der Waals surface area contributed by atoms with E-state index in [-0.39, 0.29) is 29.4 Å². The minimum absolute atomic E-state index is 0.207. The van der Waals surface area contributed by atoms with Gasteiger partial charge in [0.2, 0.25) is 0 Å². The smallest absolute Gasteiger partial charge is 0.258 e. The van der Waals surface area contributed by atoms with Crippen LogP contribution in [0.3, 0.4) is 0 Å². The molecule has 1 aliphatic heterocycles. The van der Waals surface area contributed by atoms with Crippen LogP contribution in [-0.4, -0.2) is 31.8 Å². The third-order valence-electron chi connectivity index (χ3n) is 3.43. The number of benzene rings is 2. The average Bonchev–Trinajstić information content (AvgIpc) is 2.61. The van der Waals surface area contributed by atoms with Gasteiger partial charge in [-0.2, -0.15) is 0 Å². The van der Waals surface area contributed by atoms with E-state index in [0.717, 1.165) is 0 Å². The molecule has 1 atom stereocenters. The molecule has 0 radical (unpaired) electrons. The van der Waals surface area contributed by atoms with Crippen LogP contribution < -0.4 is 19.5 Å². The second-order valence-corrected chi connectivity index (χ2v) is 6.51. The molecule has 0 aliphatic carbocycles. The van der Waals surface area contributed by atoms with Gasteiger partial charge in [-0.05, 0) is 18.2 Å². The van der Waals surface area contributed by atoms with E-state index in [1.54, 1.807) is 0 Å². The zero-order valence-corrected chi connectivity index (χ0v) is 15.2. The molecule has 0 fully saturated rings. The summed E-state index contributed by atoms with van der Waals surface area (Å²) in [5.41, 5.74) is 0. The van der Waals surface area contributed by atoms with Gasteiger partial charge in [-0.15, -0.1) is 0 Å². The van der Waals surface area contributed by atoms with Gasteiger partial charge in [-0.25, -0.2) is 0 Å². The van der Waals surface area contributed by atoms with Crippen molar-refractivity contribution < 1.29 is 19.0 Å². The van der Waals surface area contributed by atoms with Crippen LogP contribution in [0.2, 0.25) is 15.1 Å². The number of halogens is 3. The van der Waals surface area contributed by atoms with Crippen molar-refractivity contribution in [3.63, 3.8) is 0 Å². The Hall–Kier alpha value is -1.82. The van der Waals surface area contributed by atoms with Crippen molar-refractivity contribution in [1.82, 2.24) is 5.32 Å². The molecule has 25 heavy (non-hydrogen) atoms. The van der Waals surface area contributed by atoms with Gasteiger partial charge in [0.05, 0.1) is 21.6 Å². The van der Waals surface area contributed by atoms with Gasteiger partial charge >= 0.3 is 0 Å². The molecule has 132 valence electrons. The molecule has 1 amide bonds. The maximum Gasteiger partial charge on any atom is 0.258 e. The fourth-order valence-electron chi connectivity index (χ4n) is 2.20. The van der Waals surface area contributed by atoms with Gasteiger partial charge in [0.15, 0.2) is 18.1 Å². The molecule has 1 aliphatic rings. The molecule has 0 saturated heterocycles. The van der Waals surface area contributed by atoms with Crippen molar-refractivity contribution in [2.24, 2.45) is 0 Å². The van der Waals surface area contributed by atoms with Crippen molar-refractivity contribution in [2.75, 3.05) is 19.8 Å². The molecule has 1 heterocycles. The molecule has 0 bridgehead atoms. The summed E-state index contributed by atoms with van der Waals surface area (Å²) in [4.78, 5) is 11.9. The summed E-state index contributed by atoms with van der Waals surface area (Å²) in [6, 6.07) is 10.3. The number of hydrogen-bond donors (Lipinski definition) is 1. The van der Waals surface area contributed by atoms with Crippen molar-refractivity contribution in [2.45, 2.75) is 6.10 Å². The van der Waals surface area contributed by atoms with Gasteiger partial charge in [0.25, 0.3) is 5.91 Å². The summed E-state index contributed by atoms with van der Waals surface area (Å²) in [5, 5.41) is 3.62. The van der Waals surface area contributed by atoms with Crippen molar-refractivity contribution in [3.05, 3.63) is 51.5 Å². The lowest BCUT2D eigenvalue weighted by atomic mass is 10.2. The van der Waals surface area contributed by atoms with E-state index in [0.29, 0.717) is 34.7 Å². The van der Waals surface area contributed by atoms with Gasteiger partial charge in [0, 0.05) is 6.07 Å². The summed E-state index contributed by atoms with van der Waals surface area (Å²) >= 11 is 17.7. The van der Waals surface area contributed by atoms with E-state index in [1.165, 1.54) is 12.1 Å². The molecule has 1 N–H and O–H groups in total. The van der Waals surface area contributed by atoms with Gasteiger partial charge in [0.1, 0.15) is 18.5 Å². The molecule has 1 unspecified atom stereocenters. The third kappa shape index (κ3) is 4.63. The first kappa shape index (κ1) is 18.0. The van der Waals surface area contributed by atoms with Crippen LogP contribution >= 0.6 is 34.8 Å². The number of nitrogens with one attached hydrogen (secondary N) is 1. The predicted octanol–water partition coefficient (Wildman–Crippen LogP) is 3.98. The standard InChI is InChI=1S/C17H14Cl3NO4/c18-11-5-13(20)16(6-12(11)19)24-9-17(22)21-7-10-8-23-14-3-1-2-4-15(14)25-10/h1-6,10H,7-9H2,(H,21,22). The van der Waals surface area contributed by atoms with Crippen LogP contribution in [0.4, 0.5) is 0 Å². The lowest BCUT2D eigenvalue weighted by Crippen LogP contribution is -2.42. The molecular weight excluding hydrogens is 389 g/mol. The Morgan fingerprint density at radius 3 is 2.64 bits per heavy atom. The highest BCUT2D eigenvalue weighted by Crippen LogP contribution is 2.34. The summed E-state index contributed by atoms with van der Waals surface area (Å²) in [6.45, 7) is 0.449. The number of amides is 1. The second kappa shape index (κ2) is 8.04. The number of carbonyl (C=O) groups excluding carboxylic acids is 1. The minimum Gasteiger partial charge on any atom is -0.486 e. The zero-order chi connectivity index (χ0) is 17.8. The highest BCUT2D eigenvalue weighted by atomic mass is 35.5. The lowest BCUT2D eigenvalue weighted by Gasteiger charge is -2.26. The van der Waals surface area contributed by atoms with Gasteiger partial charge < -0.3 is 19.5 Å². The molecular formula is C17H14Cl3NO4. The molecule has 3 rings (SSSR count). The number of hydrogen-bond acceptors (Lipinski definition) is 4. The number of para-hydroxylation sites is 2. The molecule has 0 aromatic heterocycles. The first-order chi connectivity index (χ1) is 12.0. The Morgan fingerprint density at radius 2 is 1.84 bits per heavy atom. The molecule has 5 nitrogen and oxygen atoms in total. The number of ether oxygens (including phenoxy) is 3. The highest BCUT2D eigenvalue weighted by molar-refractivity contribution is 6.43. The zero-order valence-electron chi connectivity index (χ0n) is 12.9. The van der Waals surface area contributed by atoms with Crippen LogP contribution in [0.1, 0.15) is 0 Å². The Bertz CT molecular complexity index is 784. The SMILES string of the molecule is O=C(COc1cc(Cl)c(Cl)cc1Cl)NCC1COc2ccccc2O1. The average molecular weight is 403 g/mol. The Labute approximate surface area is 159 Å². The Morgan fingerprint density at radius 1 is 1.12 bits per heavy atom. The van der Waals surface area contributed by atoms with Crippen molar-refractivity contribution >= 4 is 40.7 Å². The molecule has 0 saturated carbocycles. The Kier molecular flexibility index (Phi) is 5.78. The number of rotatable bonds is 5. The normalized spacial score (nSPS) is 15.6. The third-order valence-corrected chi connectivity index (χ3v) is 4.45. The van der Waals surface area contributed by atoms with Gasteiger partial charge in [-0.1, -0.05) is 46.9 Å². The molecule has 8 heteroatoms. The quantitative estimate of drug-likeness (QED) is 0.769. The predicted molar refractivity (Wildman–Crippen MR) is 96.3 cm³/mol. The molecule has 2 aromatic carbocycles. The van der Waals surface area contributed by atoms with Crippen molar-refractivity contribution in [3.8, 4) is 17.2 Å². The van der Waals surface area contributed by atoms with E-state index in [2.05, 4.69) is 5.32 Å². The second-order valence-electron chi connectivity index (χ2n) is 5.29. The fraction of sp³-hybridized carbons (Fsp3) is 0.235. The van der Waals surface area contributed by atoms with E-state index in [4.69, 9.17) is 49.0 Å². The van der Waals surface area contributed by atoms with E-state index in [1.807, 2.05) is 24.3 Å². The fourth-order valence-corrected chi connectivity index (χ4v) is 2.79. The van der Waals surface area contributed by atoms with E-state index in [9.17, 15) is 4.79 Å². The van der Waals surface area contributed by atoms with Gasteiger partial charge in [-0.3, -0.25) is 4.79 Å². The maximum atomic E-state index is 11.9. The largest absolute Gasteiger partial charge is 0.486 e. The minimum atomic E-state index is -0.315. The van der Waals surface area contributed by atoms with E-state index >= 15 is 0 Å². The first-order valence-electron chi connectivity index (χ1n) is 7.45.